The van der Waals surface area contributed by atoms with Crippen LogP contribution in [0.4, 0.5) is 18.0 Å². The zero-order valence-corrected chi connectivity index (χ0v) is 22.6. The number of rotatable bonds is 9. The second-order valence-electron chi connectivity index (χ2n) is 11.2. The van der Waals surface area contributed by atoms with Crippen LogP contribution in [0.25, 0.3) is 0 Å². The molecule has 0 atom stereocenters. The molecule has 4 aliphatic rings. The molecule has 0 aromatic heterocycles. The van der Waals surface area contributed by atoms with E-state index in [1.165, 1.54) is 31.4 Å². The Hall–Kier alpha value is -2.79. The monoisotopic (exact) mass is 566 g/mol. The highest BCUT2D eigenvalue weighted by Gasteiger charge is 2.51. The van der Waals surface area contributed by atoms with E-state index in [2.05, 4.69) is 5.32 Å². The Labute approximate surface area is 226 Å². The lowest BCUT2D eigenvalue weighted by molar-refractivity contribution is -0.137. The van der Waals surface area contributed by atoms with Crippen molar-refractivity contribution in [2.24, 2.45) is 17.8 Å². The molecule has 0 radical (unpaired) electrons. The number of carbonyl (C=O) groups is 1. The second-order valence-corrected chi connectivity index (χ2v) is 12.8. The van der Waals surface area contributed by atoms with Gasteiger partial charge in [-0.15, -0.1) is 0 Å². The summed E-state index contributed by atoms with van der Waals surface area (Å²) in [5, 5.41) is 3.38. The average Bonchev–Trinajstić information content (AvgIpc) is 2.86. The maximum atomic E-state index is 13.4. The van der Waals surface area contributed by atoms with E-state index in [1.807, 2.05) is 0 Å². The van der Waals surface area contributed by atoms with Crippen molar-refractivity contribution in [3.8, 4) is 5.75 Å². The summed E-state index contributed by atoms with van der Waals surface area (Å²) in [6.07, 6.45) is 2.27. The normalized spacial score (nSPS) is 25.9. The Morgan fingerprint density at radius 1 is 1.03 bits per heavy atom. The van der Waals surface area contributed by atoms with Crippen molar-refractivity contribution in [1.82, 2.24) is 10.2 Å². The van der Waals surface area contributed by atoms with Crippen LogP contribution in [-0.4, -0.2) is 45.1 Å². The molecule has 2 aromatic rings. The smallest absolute Gasteiger partial charge is 0.383 e. The predicted molar refractivity (Wildman–Crippen MR) is 137 cm³/mol. The predicted octanol–water partition coefficient (Wildman–Crippen LogP) is 5.60. The van der Waals surface area contributed by atoms with Crippen molar-refractivity contribution in [3.05, 3.63) is 59.7 Å². The van der Waals surface area contributed by atoms with E-state index in [1.54, 1.807) is 24.1 Å². The molecular formula is C28H33F3N2O5S. The van der Waals surface area contributed by atoms with Gasteiger partial charge in [-0.25, -0.2) is 4.79 Å². The highest BCUT2D eigenvalue weighted by Crippen LogP contribution is 2.55. The summed E-state index contributed by atoms with van der Waals surface area (Å²) in [7, 11) is -2.90. The highest BCUT2D eigenvalue weighted by molar-refractivity contribution is 7.87. The van der Waals surface area contributed by atoms with Crippen LogP contribution >= 0.6 is 0 Å². The molecule has 2 aromatic carbocycles. The van der Waals surface area contributed by atoms with Gasteiger partial charge in [0, 0.05) is 25.7 Å². The van der Waals surface area contributed by atoms with Crippen LogP contribution in [-0.2, 0) is 27.6 Å². The van der Waals surface area contributed by atoms with Crippen molar-refractivity contribution in [1.29, 1.82) is 0 Å². The lowest BCUT2D eigenvalue weighted by Crippen LogP contribution is -2.62. The number of hydrogen-bond acceptors (Lipinski definition) is 5. The summed E-state index contributed by atoms with van der Waals surface area (Å²) in [6.45, 7) is 1.03. The zero-order chi connectivity index (χ0) is 27.8. The molecule has 4 saturated carbocycles. The Kier molecular flexibility index (Phi) is 7.58. The minimum atomic E-state index is -4.68. The van der Waals surface area contributed by atoms with Crippen LogP contribution in [0.1, 0.15) is 49.7 Å². The number of ether oxygens (including phenoxy) is 1. The third-order valence-corrected chi connectivity index (χ3v) is 9.46. The number of hydrogen-bond donors (Lipinski definition) is 1. The minimum Gasteiger partial charge on any atom is -0.383 e. The molecule has 0 aliphatic heterocycles. The van der Waals surface area contributed by atoms with Crippen molar-refractivity contribution < 1.29 is 35.3 Å². The number of carbonyl (C=O) groups excluding carboxylic acids is 1. The number of halogens is 3. The standard InChI is InChI=1S/C28H33F3N2O5S/c1-37-10-9-33(26(34)32-27-15-20-11-21(16-27)13-22(12-20)17-27)18-19-5-7-24(8-6-19)38-39(35,36)25-4-2-3-23(14-25)28(29,30)31/h2-8,14,20-22H,9-13,15-18H2,1H3,(H,32,34). The summed E-state index contributed by atoms with van der Waals surface area (Å²) >= 11 is 0. The van der Waals surface area contributed by atoms with Crippen molar-refractivity contribution in [3.63, 3.8) is 0 Å². The molecule has 4 aliphatic carbocycles. The Bertz CT molecular complexity index is 1260. The molecule has 39 heavy (non-hydrogen) atoms. The first-order chi connectivity index (χ1) is 18.4. The number of nitrogens with one attached hydrogen (secondary N) is 1. The molecule has 212 valence electrons. The van der Waals surface area contributed by atoms with Crippen molar-refractivity contribution in [2.75, 3.05) is 20.3 Å². The van der Waals surface area contributed by atoms with E-state index in [-0.39, 0.29) is 23.9 Å². The Morgan fingerprint density at radius 2 is 1.64 bits per heavy atom. The molecule has 7 nitrogen and oxygen atoms in total. The Morgan fingerprint density at radius 3 is 2.21 bits per heavy atom. The lowest BCUT2D eigenvalue weighted by Gasteiger charge is -2.57. The first-order valence-corrected chi connectivity index (χ1v) is 14.6. The molecule has 1 N–H and O–H groups in total. The molecule has 0 saturated heterocycles. The number of amides is 2. The fraction of sp³-hybridized carbons (Fsp3) is 0.536. The SMILES string of the molecule is COCCN(Cc1ccc(OS(=O)(=O)c2cccc(C(F)(F)F)c2)cc1)C(=O)NC12CC3CC(CC(C3)C1)C2. The fourth-order valence-corrected chi connectivity index (χ4v) is 7.87. The zero-order valence-electron chi connectivity index (χ0n) is 21.7. The Balaban J connectivity index is 1.25. The number of benzene rings is 2. The third-order valence-electron chi connectivity index (χ3n) is 8.22. The molecule has 0 unspecified atom stereocenters. The number of alkyl halides is 3. The van der Waals surface area contributed by atoms with Gasteiger partial charge in [-0.2, -0.15) is 21.6 Å². The van der Waals surface area contributed by atoms with E-state index in [4.69, 9.17) is 8.92 Å². The average molecular weight is 567 g/mol. The van der Waals surface area contributed by atoms with Gasteiger partial charge < -0.3 is 19.1 Å². The maximum absolute atomic E-state index is 13.4. The van der Waals surface area contributed by atoms with Gasteiger partial charge in [-0.3, -0.25) is 0 Å². The molecule has 0 heterocycles. The molecule has 0 spiro atoms. The summed E-state index contributed by atoms with van der Waals surface area (Å²) in [4.78, 5) is 14.5. The molecular weight excluding hydrogens is 533 g/mol. The summed E-state index contributed by atoms with van der Waals surface area (Å²) in [5.74, 6) is 2.05. The van der Waals surface area contributed by atoms with Gasteiger partial charge >= 0.3 is 22.3 Å². The lowest BCUT2D eigenvalue weighted by atomic mass is 9.53. The van der Waals surface area contributed by atoms with Crippen LogP contribution in [0.15, 0.2) is 53.4 Å². The van der Waals surface area contributed by atoms with Gasteiger partial charge in [-0.1, -0.05) is 18.2 Å². The molecule has 4 fully saturated rings. The third kappa shape index (κ3) is 6.35. The second kappa shape index (κ2) is 10.6. The maximum Gasteiger partial charge on any atom is 0.416 e. The van der Waals surface area contributed by atoms with Crippen molar-refractivity contribution in [2.45, 2.75) is 61.7 Å². The first kappa shape index (κ1) is 27.8. The molecule has 11 heteroatoms. The fourth-order valence-electron chi connectivity index (χ4n) is 6.90. The number of methoxy groups -OCH3 is 1. The van der Waals surface area contributed by atoms with E-state index in [9.17, 15) is 26.4 Å². The van der Waals surface area contributed by atoms with E-state index in [0.29, 0.717) is 37.0 Å². The number of nitrogens with zero attached hydrogens (tertiary/aromatic N) is 1. The van der Waals surface area contributed by atoms with Crippen molar-refractivity contribution >= 4 is 16.1 Å². The molecule has 4 bridgehead atoms. The minimum absolute atomic E-state index is 0.0439. The van der Waals surface area contributed by atoms with Gasteiger partial charge in [0.15, 0.2) is 0 Å². The van der Waals surface area contributed by atoms with Gasteiger partial charge in [0.25, 0.3) is 0 Å². The summed E-state index contributed by atoms with van der Waals surface area (Å²) in [5.41, 5.74) is -0.465. The van der Waals surface area contributed by atoms with E-state index in [0.717, 1.165) is 43.0 Å². The highest BCUT2D eigenvalue weighted by atomic mass is 32.2. The van der Waals surface area contributed by atoms with Crippen LogP contribution in [0.2, 0.25) is 0 Å². The van der Waals surface area contributed by atoms with Crippen LogP contribution in [0.3, 0.4) is 0 Å². The van der Waals surface area contributed by atoms with Gasteiger partial charge in [0.1, 0.15) is 10.6 Å². The molecule has 2 amide bonds. The van der Waals surface area contributed by atoms with Gasteiger partial charge in [0.2, 0.25) is 0 Å². The largest absolute Gasteiger partial charge is 0.416 e. The van der Waals surface area contributed by atoms with Crippen LogP contribution in [0.5, 0.6) is 5.75 Å². The summed E-state index contributed by atoms with van der Waals surface area (Å²) < 4.78 is 74.5. The van der Waals surface area contributed by atoms with Gasteiger partial charge in [-0.05, 0) is 92.2 Å². The summed E-state index contributed by atoms with van der Waals surface area (Å²) in [6, 6.07) is 9.38. The van der Waals surface area contributed by atoms with E-state index >= 15 is 0 Å². The van der Waals surface area contributed by atoms with Gasteiger partial charge in [0.05, 0.1) is 12.2 Å². The quantitative estimate of drug-likeness (QED) is 0.400. The van der Waals surface area contributed by atoms with E-state index < -0.39 is 26.8 Å². The van der Waals surface area contributed by atoms with Crippen LogP contribution < -0.4 is 9.50 Å². The first-order valence-electron chi connectivity index (χ1n) is 13.2. The topological polar surface area (TPSA) is 84.9 Å². The van der Waals surface area contributed by atoms with Crippen LogP contribution in [0, 0.1) is 17.8 Å². The number of urea groups is 1. The molecule has 6 rings (SSSR count).